The number of aromatic carboxylic acids is 1. The van der Waals surface area contributed by atoms with Crippen molar-refractivity contribution in [2.45, 2.75) is 32.6 Å². The van der Waals surface area contributed by atoms with Gasteiger partial charge in [-0.2, -0.15) is 13.2 Å². The number of alkyl halides is 3. The lowest BCUT2D eigenvalue weighted by molar-refractivity contribution is -0.141. The lowest BCUT2D eigenvalue weighted by atomic mass is 10.0. The molecule has 4 rings (SSSR count). The number of anilines is 2. The van der Waals surface area contributed by atoms with Gasteiger partial charge < -0.3 is 20.1 Å². The molecule has 11 heteroatoms. The molecule has 3 aromatic rings. The van der Waals surface area contributed by atoms with Gasteiger partial charge >= 0.3 is 12.1 Å². The van der Waals surface area contributed by atoms with E-state index >= 15 is 0 Å². The van der Waals surface area contributed by atoms with Gasteiger partial charge in [0.05, 0.1) is 35.7 Å². The number of para-hydroxylation sites is 1. The van der Waals surface area contributed by atoms with Crippen LogP contribution in [0, 0.1) is 6.92 Å². The number of nitrogens with one attached hydrogen (secondary N) is 1. The summed E-state index contributed by atoms with van der Waals surface area (Å²) >= 11 is 0. The van der Waals surface area contributed by atoms with E-state index in [9.17, 15) is 27.9 Å². The van der Waals surface area contributed by atoms with E-state index < -0.39 is 30.3 Å². The fourth-order valence-corrected chi connectivity index (χ4v) is 4.25. The summed E-state index contributed by atoms with van der Waals surface area (Å²) in [6.45, 7) is 3.29. The van der Waals surface area contributed by atoms with Crippen molar-refractivity contribution in [2.24, 2.45) is 0 Å². The Hall–Kier alpha value is -3.60. The second kappa shape index (κ2) is 9.57. The topological polar surface area (TPSA) is 96.7 Å². The summed E-state index contributed by atoms with van der Waals surface area (Å²) < 4.78 is 46.2. The van der Waals surface area contributed by atoms with Gasteiger partial charge in [0.25, 0.3) is 5.56 Å². The average molecular weight is 490 g/mol. The Labute approximate surface area is 199 Å². The minimum Gasteiger partial charge on any atom is -0.478 e. The summed E-state index contributed by atoms with van der Waals surface area (Å²) in [5.74, 6) is -1.16. The van der Waals surface area contributed by atoms with Gasteiger partial charge in [-0.3, -0.25) is 9.36 Å². The highest BCUT2D eigenvalue weighted by Crippen LogP contribution is 2.30. The summed E-state index contributed by atoms with van der Waals surface area (Å²) in [7, 11) is 0. The van der Waals surface area contributed by atoms with Crippen molar-refractivity contribution >= 4 is 28.5 Å². The third-order valence-electron chi connectivity index (χ3n) is 5.84. The normalized spacial score (nSPS) is 15.3. The molecule has 1 saturated heterocycles. The molecule has 0 saturated carbocycles. The van der Waals surface area contributed by atoms with Crippen molar-refractivity contribution in [1.82, 2.24) is 9.55 Å². The van der Waals surface area contributed by atoms with Gasteiger partial charge in [0.1, 0.15) is 6.54 Å². The van der Waals surface area contributed by atoms with Crippen LogP contribution in [-0.4, -0.2) is 53.1 Å². The van der Waals surface area contributed by atoms with Gasteiger partial charge in [-0.05, 0) is 37.6 Å². The quantitative estimate of drug-likeness (QED) is 0.540. The summed E-state index contributed by atoms with van der Waals surface area (Å²) in [6.07, 6.45) is -4.61. The number of fused-ring (bicyclic) bond motifs is 1. The first-order valence-electron chi connectivity index (χ1n) is 11.1. The number of carboxylic acids is 1. The predicted octanol–water partition coefficient (Wildman–Crippen LogP) is 3.98. The van der Waals surface area contributed by atoms with Crippen LogP contribution in [0.3, 0.4) is 0 Å². The molecule has 0 radical (unpaired) electrons. The number of benzene rings is 2. The molecule has 8 nitrogen and oxygen atoms in total. The molecule has 2 N–H and O–H groups in total. The summed E-state index contributed by atoms with van der Waals surface area (Å²) in [5.41, 5.74) is 1.19. The maximum Gasteiger partial charge on any atom is 0.406 e. The summed E-state index contributed by atoms with van der Waals surface area (Å²) in [4.78, 5) is 31.2. The number of carbonyl (C=O) groups is 1. The third-order valence-corrected chi connectivity index (χ3v) is 5.84. The molecular weight excluding hydrogens is 465 g/mol. The third kappa shape index (κ3) is 5.24. The second-order valence-corrected chi connectivity index (χ2v) is 8.48. The number of hydrogen-bond acceptors (Lipinski definition) is 6. The van der Waals surface area contributed by atoms with Crippen molar-refractivity contribution in [3.05, 3.63) is 63.4 Å². The van der Waals surface area contributed by atoms with Crippen molar-refractivity contribution in [3.63, 3.8) is 0 Å². The Balaban J connectivity index is 1.88. The number of aryl methyl sites for hydroxylation is 1. The van der Waals surface area contributed by atoms with Crippen molar-refractivity contribution < 1.29 is 27.8 Å². The zero-order valence-corrected chi connectivity index (χ0v) is 19.2. The molecule has 0 amide bonds. The zero-order valence-electron chi connectivity index (χ0n) is 19.2. The standard InChI is InChI=1S/C24H25F3N4O4/c1-14-11-17(15(2)28-19-6-4-3-5-16(19)22(33)34)20-18(12-14)21(32)31(13-24(25,26)27)23(29-20)30-7-9-35-10-8-30/h3-6,11-12,15,28H,7-10,13H2,1-2H3,(H,33,34)/t15-/m1/s1. The van der Waals surface area contributed by atoms with Gasteiger partial charge in [-0.15, -0.1) is 0 Å². The first-order valence-corrected chi connectivity index (χ1v) is 11.1. The number of rotatable bonds is 6. The van der Waals surface area contributed by atoms with Crippen molar-refractivity contribution in [3.8, 4) is 0 Å². The Morgan fingerprint density at radius 1 is 1.23 bits per heavy atom. The lowest BCUT2D eigenvalue weighted by Gasteiger charge is -2.30. The first kappa shape index (κ1) is 24.5. The highest BCUT2D eigenvalue weighted by molar-refractivity contribution is 5.94. The Morgan fingerprint density at radius 2 is 1.91 bits per heavy atom. The van der Waals surface area contributed by atoms with E-state index in [1.807, 2.05) is 0 Å². The van der Waals surface area contributed by atoms with Crippen LogP contribution in [0.2, 0.25) is 0 Å². The molecular formula is C24H25F3N4O4. The van der Waals surface area contributed by atoms with Crippen LogP contribution in [0.4, 0.5) is 24.8 Å². The van der Waals surface area contributed by atoms with Gasteiger partial charge in [0, 0.05) is 24.3 Å². The van der Waals surface area contributed by atoms with E-state index in [1.165, 1.54) is 12.1 Å². The molecule has 1 atom stereocenters. The highest BCUT2D eigenvalue weighted by Gasteiger charge is 2.32. The minimum atomic E-state index is -4.61. The predicted molar refractivity (Wildman–Crippen MR) is 125 cm³/mol. The van der Waals surface area contributed by atoms with Gasteiger partial charge in [0.2, 0.25) is 5.95 Å². The number of nitrogens with zero attached hydrogens (tertiary/aromatic N) is 3. The van der Waals surface area contributed by atoms with E-state index in [1.54, 1.807) is 43.0 Å². The van der Waals surface area contributed by atoms with E-state index in [4.69, 9.17) is 4.74 Å². The van der Waals surface area contributed by atoms with Gasteiger partial charge in [-0.25, -0.2) is 9.78 Å². The minimum absolute atomic E-state index is 0.0636. The van der Waals surface area contributed by atoms with Crippen molar-refractivity contribution in [2.75, 3.05) is 36.5 Å². The molecule has 0 spiro atoms. The Kier molecular flexibility index (Phi) is 6.70. The Morgan fingerprint density at radius 3 is 2.57 bits per heavy atom. The zero-order chi connectivity index (χ0) is 25.3. The molecule has 1 fully saturated rings. The SMILES string of the molecule is Cc1cc([C@@H](C)Nc2ccccc2C(=O)O)c2nc(N3CCOCC3)n(CC(F)(F)F)c(=O)c2c1. The van der Waals surface area contributed by atoms with Crippen LogP contribution in [-0.2, 0) is 11.3 Å². The average Bonchev–Trinajstić information content (AvgIpc) is 2.80. The van der Waals surface area contributed by atoms with E-state index in [0.29, 0.717) is 47.7 Å². The smallest absolute Gasteiger partial charge is 0.406 e. The summed E-state index contributed by atoms with van der Waals surface area (Å²) in [5, 5.41) is 12.7. The fraction of sp³-hybridized carbons (Fsp3) is 0.375. The van der Waals surface area contributed by atoms with Crippen molar-refractivity contribution in [1.29, 1.82) is 0 Å². The monoisotopic (exact) mass is 490 g/mol. The molecule has 0 bridgehead atoms. The first-order chi connectivity index (χ1) is 16.5. The number of hydrogen-bond donors (Lipinski definition) is 2. The van der Waals surface area contributed by atoms with Crippen LogP contribution < -0.4 is 15.8 Å². The second-order valence-electron chi connectivity index (χ2n) is 8.48. The fourth-order valence-electron chi connectivity index (χ4n) is 4.25. The van der Waals surface area contributed by atoms with Crippen LogP contribution in [0.25, 0.3) is 10.9 Å². The van der Waals surface area contributed by atoms with E-state index in [0.717, 1.165) is 0 Å². The van der Waals surface area contributed by atoms with Crippen LogP contribution in [0.5, 0.6) is 0 Å². The summed E-state index contributed by atoms with van der Waals surface area (Å²) in [6, 6.07) is 9.23. The number of carboxylic acid groups (broad SMARTS) is 1. The molecule has 35 heavy (non-hydrogen) atoms. The number of halogens is 3. The molecule has 1 aliphatic rings. The number of aromatic nitrogens is 2. The number of morpholine rings is 1. The highest BCUT2D eigenvalue weighted by atomic mass is 19.4. The van der Waals surface area contributed by atoms with Crippen LogP contribution in [0.1, 0.15) is 34.5 Å². The van der Waals surface area contributed by atoms with Crippen LogP contribution in [0.15, 0.2) is 41.2 Å². The molecule has 1 aliphatic heterocycles. The van der Waals surface area contributed by atoms with Crippen LogP contribution >= 0.6 is 0 Å². The van der Waals surface area contributed by atoms with Gasteiger partial charge in [0.15, 0.2) is 0 Å². The number of ether oxygens (including phenoxy) is 1. The van der Waals surface area contributed by atoms with E-state index in [-0.39, 0.29) is 22.4 Å². The lowest BCUT2D eigenvalue weighted by Crippen LogP contribution is -2.42. The molecule has 2 heterocycles. The largest absolute Gasteiger partial charge is 0.478 e. The molecule has 2 aromatic carbocycles. The maximum absolute atomic E-state index is 13.4. The molecule has 0 unspecified atom stereocenters. The maximum atomic E-state index is 13.4. The molecule has 186 valence electrons. The molecule has 1 aromatic heterocycles. The van der Waals surface area contributed by atoms with Gasteiger partial charge in [-0.1, -0.05) is 18.2 Å². The van der Waals surface area contributed by atoms with E-state index in [2.05, 4.69) is 10.3 Å². The Bertz CT molecular complexity index is 1320. The molecule has 0 aliphatic carbocycles.